The van der Waals surface area contributed by atoms with Crippen molar-refractivity contribution >= 4 is 27.5 Å². The second kappa shape index (κ2) is 7.61. The number of nitrogens with one attached hydrogen (secondary N) is 1. The lowest BCUT2D eigenvalue weighted by molar-refractivity contribution is -0.123. The first kappa shape index (κ1) is 18.2. The molecule has 1 aromatic carbocycles. The monoisotopic (exact) mass is 359 g/mol. The number of halogens is 1. The molecule has 1 heterocycles. The minimum Gasteiger partial charge on any atom is -0.353 e. The summed E-state index contributed by atoms with van der Waals surface area (Å²) in [5.74, 6) is -0.0333. The fraction of sp³-hybridized carbons (Fsp3) is 0.533. The van der Waals surface area contributed by atoms with E-state index in [9.17, 15) is 13.2 Å². The molecular weight excluding hydrogens is 338 g/mol. The number of hydrogen-bond acceptors (Lipinski definition) is 4. The van der Waals surface area contributed by atoms with Crippen LogP contribution in [0.2, 0.25) is 5.02 Å². The minimum atomic E-state index is -3.50. The van der Waals surface area contributed by atoms with Gasteiger partial charge < -0.3 is 5.32 Å². The maximum atomic E-state index is 12.6. The molecule has 0 bridgehead atoms. The predicted octanol–water partition coefficient (Wildman–Crippen LogP) is 1.17. The molecule has 0 saturated carbocycles. The van der Waals surface area contributed by atoms with Gasteiger partial charge in [-0.15, -0.1) is 0 Å². The van der Waals surface area contributed by atoms with Crippen molar-refractivity contribution in [2.75, 3.05) is 32.7 Å². The molecule has 1 aliphatic heterocycles. The average Bonchev–Trinajstić information content (AvgIpc) is 2.47. The molecule has 128 valence electrons. The molecule has 1 aromatic rings. The summed E-state index contributed by atoms with van der Waals surface area (Å²) >= 11 is 5.80. The number of hydrogen-bond donors (Lipinski definition) is 1. The Morgan fingerprint density at radius 3 is 2.26 bits per heavy atom. The first-order valence-electron chi connectivity index (χ1n) is 7.56. The molecule has 0 unspecified atom stereocenters. The number of amides is 1. The number of nitrogens with zero attached hydrogens (tertiary/aromatic N) is 2. The van der Waals surface area contributed by atoms with Crippen molar-refractivity contribution in [3.8, 4) is 0 Å². The fourth-order valence-electron chi connectivity index (χ4n) is 2.45. The summed E-state index contributed by atoms with van der Waals surface area (Å²) in [5.41, 5.74) is 0. The Labute approximate surface area is 142 Å². The van der Waals surface area contributed by atoms with E-state index in [0.29, 0.717) is 37.7 Å². The van der Waals surface area contributed by atoms with Gasteiger partial charge in [0.15, 0.2) is 0 Å². The van der Waals surface area contributed by atoms with E-state index in [4.69, 9.17) is 11.6 Å². The predicted molar refractivity (Wildman–Crippen MR) is 89.9 cm³/mol. The van der Waals surface area contributed by atoms with Crippen molar-refractivity contribution in [2.24, 2.45) is 0 Å². The molecule has 0 aromatic heterocycles. The van der Waals surface area contributed by atoms with Crippen molar-refractivity contribution in [3.63, 3.8) is 0 Å². The highest BCUT2D eigenvalue weighted by Gasteiger charge is 2.28. The van der Waals surface area contributed by atoms with E-state index >= 15 is 0 Å². The van der Waals surface area contributed by atoms with Gasteiger partial charge in [-0.1, -0.05) is 11.6 Å². The average molecular weight is 360 g/mol. The van der Waals surface area contributed by atoms with Crippen LogP contribution in [0.4, 0.5) is 0 Å². The Kier molecular flexibility index (Phi) is 6.02. The minimum absolute atomic E-state index is 0.0333. The third kappa shape index (κ3) is 4.91. The van der Waals surface area contributed by atoms with Crippen LogP contribution in [0.3, 0.4) is 0 Å². The first-order valence-corrected chi connectivity index (χ1v) is 9.38. The Morgan fingerprint density at radius 1 is 1.17 bits per heavy atom. The van der Waals surface area contributed by atoms with Crippen LogP contribution in [0.1, 0.15) is 13.8 Å². The Morgan fingerprint density at radius 2 is 1.74 bits per heavy atom. The van der Waals surface area contributed by atoms with Crippen molar-refractivity contribution in [3.05, 3.63) is 29.3 Å². The van der Waals surface area contributed by atoms with Crippen molar-refractivity contribution in [1.29, 1.82) is 0 Å². The second-order valence-corrected chi connectivity index (χ2v) is 8.23. The highest BCUT2D eigenvalue weighted by molar-refractivity contribution is 7.89. The van der Waals surface area contributed by atoms with Crippen molar-refractivity contribution in [2.45, 2.75) is 24.8 Å². The van der Waals surface area contributed by atoms with Gasteiger partial charge in [-0.25, -0.2) is 8.42 Å². The van der Waals surface area contributed by atoms with E-state index in [1.807, 2.05) is 18.7 Å². The number of rotatable bonds is 5. The highest BCUT2D eigenvalue weighted by atomic mass is 35.5. The highest BCUT2D eigenvalue weighted by Crippen LogP contribution is 2.19. The number of piperazine rings is 1. The third-order valence-corrected chi connectivity index (χ3v) is 5.76. The molecule has 8 heteroatoms. The topological polar surface area (TPSA) is 69.7 Å². The zero-order valence-corrected chi connectivity index (χ0v) is 14.9. The largest absolute Gasteiger partial charge is 0.353 e. The lowest BCUT2D eigenvalue weighted by Crippen LogP contribution is -2.51. The van der Waals surface area contributed by atoms with Gasteiger partial charge in [0.05, 0.1) is 11.4 Å². The van der Waals surface area contributed by atoms with Gasteiger partial charge in [0.2, 0.25) is 15.9 Å². The zero-order chi connectivity index (χ0) is 17.0. The maximum Gasteiger partial charge on any atom is 0.243 e. The van der Waals surface area contributed by atoms with Gasteiger partial charge >= 0.3 is 0 Å². The molecule has 0 radical (unpaired) electrons. The quantitative estimate of drug-likeness (QED) is 0.856. The molecule has 6 nitrogen and oxygen atoms in total. The van der Waals surface area contributed by atoms with Crippen LogP contribution in [0.15, 0.2) is 29.2 Å². The van der Waals surface area contributed by atoms with E-state index < -0.39 is 10.0 Å². The van der Waals surface area contributed by atoms with Crippen LogP contribution < -0.4 is 5.32 Å². The van der Waals surface area contributed by atoms with Crippen LogP contribution in [0, 0.1) is 0 Å². The molecule has 1 aliphatic rings. The lowest BCUT2D eigenvalue weighted by Gasteiger charge is -2.33. The summed E-state index contributed by atoms with van der Waals surface area (Å²) in [5, 5.41) is 3.34. The van der Waals surface area contributed by atoms with E-state index in [0.717, 1.165) is 0 Å². The summed E-state index contributed by atoms with van der Waals surface area (Å²) in [6.45, 7) is 5.95. The van der Waals surface area contributed by atoms with Gasteiger partial charge in [-0.3, -0.25) is 9.69 Å². The van der Waals surface area contributed by atoms with Gasteiger partial charge in [0.25, 0.3) is 0 Å². The SMILES string of the molecule is CC(C)NC(=O)CN1CCN(S(=O)(=O)c2ccc(Cl)cc2)CC1. The Balaban J connectivity index is 1.93. The van der Waals surface area contributed by atoms with Crippen LogP contribution in [-0.2, 0) is 14.8 Å². The van der Waals surface area contributed by atoms with E-state index in [1.54, 1.807) is 12.1 Å². The van der Waals surface area contributed by atoms with Crippen LogP contribution in [-0.4, -0.2) is 62.3 Å². The summed E-state index contributed by atoms with van der Waals surface area (Å²) < 4.78 is 26.6. The number of carbonyl (C=O) groups is 1. The Hall–Kier alpha value is -1.15. The van der Waals surface area contributed by atoms with Gasteiger partial charge in [-0.05, 0) is 38.1 Å². The van der Waals surface area contributed by atoms with Crippen molar-refractivity contribution < 1.29 is 13.2 Å². The second-order valence-electron chi connectivity index (χ2n) is 5.86. The van der Waals surface area contributed by atoms with Gasteiger partial charge in [-0.2, -0.15) is 4.31 Å². The van der Waals surface area contributed by atoms with Gasteiger partial charge in [0, 0.05) is 37.2 Å². The Bertz CT molecular complexity index is 638. The third-order valence-electron chi connectivity index (χ3n) is 3.60. The summed E-state index contributed by atoms with van der Waals surface area (Å²) in [6, 6.07) is 6.27. The molecule has 23 heavy (non-hydrogen) atoms. The first-order chi connectivity index (χ1) is 10.8. The summed E-state index contributed by atoms with van der Waals surface area (Å²) in [4.78, 5) is 14.0. The zero-order valence-electron chi connectivity index (χ0n) is 13.3. The standard InChI is InChI=1S/C15H22ClN3O3S/c1-12(2)17-15(20)11-18-7-9-19(10-8-18)23(21,22)14-5-3-13(16)4-6-14/h3-6,12H,7-11H2,1-2H3,(H,17,20). The van der Waals surface area contributed by atoms with E-state index in [-0.39, 0.29) is 16.8 Å². The van der Waals surface area contributed by atoms with Crippen molar-refractivity contribution in [1.82, 2.24) is 14.5 Å². The smallest absolute Gasteiger partial charge is 0.243 e. The molecule has 0 aliphatic carbocycles. The number of carbonyl (C=O) groups excluding carboxylic acids is 1. The normalized spacial score (nSPS) is 17.4. The number of benzene rings is 1. The van der Waals surface area contributed by atoms with E-state index in [1.165, 1.54) is 16.4 Å². The number of sulfonamides is 1. The molecular formula is C15H22ClN3O3S. The molecule has 1 amide bonds. The summed E-state index contributed by atoms with van der Waals surface area (Å²) in [6.07, 6.45) is 0. The lowest BCUT2D eigenvalue weighted by atomic mass is 10.3. The van der Waals surface area contributed by atoms with Gasteiger partial charge in [0.1, 0.15) is 0 Å². The molecule has 2 rings (SSSR count). The van der Waals surface area contributed by atoms with Crippen LogP contribution >= 0.6 is 11.6 Å². The van der Waals surface area contributed by atoms with Crippen LogP contribution in [0.5, 0.6) is 0 Å². The molecule has 1 N–H and O–H groups in total. The van der Waals surface area contributed by atoms with Crippen LogP contribution in [0.25, 0.3) is 0 Å². The maximum absolute atomic E-state index is 12.6. The molecule has 1 fully saturated rings. The fourth-order valence-corrected chi connectivity index (χ4v) is 4.00. The molecule has 0 spiro atoms. The molecule has 0 atom stereocenters. The van der Waals surface area contributed by atoms with E-state index in [2.05, 4.69) is 5.32 Å². The summed E-state index contributed by atoms with van der Waals surface area (Å²) in [7, 11) is -3.50. The molecule has 1 saturated heterocycles.